The first-order valence-electron chi connectivity index (χ1n) is 6.16. The first kappa shape index (κ1) is 16.6. The van der Waals surface area contributed by atoms with E-state index in [1.54, 1.807) is 0 Å². The molecule has 114 valence electrons. The normalized spacial score (nSPS) is 13.2. The van der Waals surface area contributed by atoms with Gasteiger partial charge < -0.3 is 27.0 Å². The zero-order valence-corrected chi connectivity index (χ0v) is 11.2. The number of carbonyl (C=O) groups is 2. The van der Waals surface area contributed by atoms with Gasteiger partial charge in [0.2, 0.25) is 11.3 Å². The third-order valence-electron chi connectivity index (χ3n) is 2.80. The Kier molecular flexibility index (Phi) is 5.82. The molecule has 0 heterocycles. The van der Waals surface area contributed by atoms with Crippen LogP contribution in [0.25, 0.3) is 0 Å². The number of carbonyl (C=O) groups excluding carboxylic acids is 1. The van der Waals surface area contributed by atoms with Crippen molar-refractivity contribution in [2.75, 3.05) is 6.54 Å². The van der Waals surface area contributed by atoms with Crippen LogP contribution in [0.3, 0.4) is 0 Å². The maximum Gasteiger partial charge on any atom is 0.326 e. The Balaban J connectivity index is 2.89. The molecule has 2 atom stereocenters. The van der Waals surface area contributed by atoms with Gasteiger partial charge in [0.15, 0.2) is 5.75 Å². The number of nitrogens with two attached hydrogens (primary N) is 2. The molecule has 8 nitrogen and oxygen atoms in total. The molecule has 1 rings (SSSR count). The number of rotatable bonds is 6. The summed E-state index contributed by atoms with van der Waals surface area (Å²) in [4.78, 5) is 34.0. The lowest BCUT2D eigenvalue weighted by Gasteiger charge is -2.16. The molecule has 0 bridgehead atoms. The van der Waals surface area contributed by atoms with Gasteiger partial charge in [0.25, 0.3) is 0 Å². The van der Waals surface area contributed by atoms with Crippen LogP contribution in [0.4, 0.5) is 0 Å². The van der Waals surface area contributed by atoms with E-state index in [0.717, 1.165) is 6.07 Å². The number of nitrogens with one attached hydrogen (secondary N) is 1. The van der Waals surface area contributed by atoms with Crippen molar-refractivity contribution in [3.05, 3.63) is 40.1 Å². The van der Waals surface area contributed by atoms with Gasteiger partial charge in [0.1, 0.15) is 6.04 Å². The molecule has 1 amide bonds. The van der Waals surface area contributed by atoms with E-state index in [4.69, 9.17) is 16.6 Å². The number of aliphatic carboxylic acids is 1. The summed E-state index contributed by atoms with van der Waals surface area (Å²) in [6.45, 7) is -0.105. The lowest BCUT2D eigenvalue weighted by Crippen LogP contribution is -2.51. The Hall–Kier alpha value is -2.45. The van der Waals surface area contributed by atoms with Crippen molar-refractivity contribution in [1.29, 1.82) is 0 Å². The highest BCUT2D eigenvalue weighted by molar-refractivity contribution is 5.87. The molecule has 21 heavy (non-hydrogen) atoms. The molecule has 0 unspecified atom stereocenters. The first-order chi connectivity index (χ1) is 9.85. The molecule has 0 aliphatic carbocycles. The van der Waals surface area contributed by atoms with Gasteiger partial charge in [-0.1, -0.05) is 12.1 Å². The van der Waals surface area contributed by atoms with Gasteiger partial charge in [-0.3, -0.25) is 9.59 Å². The Labute approximate surface area is 120 Å². The summed E-state index contributed by atoms with van der Waals surface area (Å²) >= 11 is 0. The highest BCUT2D eigenvalue weighted by atomic mass is 16.4. The second-order valence-electron chi connectivity index (χ2n) is 4.44. The van der Waals surface area contributed by atoms with Crippen molar-refractivity contribution in [3.63, 3.8) is 0 Å². The molecule has 7 N–H and O–H groups in total. The van der Waals surface area contributed by atoms with E-state index in [2.05, 4.69) is 5.32 Å². The largest absolute Gasteiger partial charge is 0.504 e. The minimum absolute atomic E-state index is 0.0636. The van der Waals surface area contributed by atoms with E-state index < -0.39 is 35.1 Å². The van der Waals surface area contributed by atoms with Crippen molar-refractivity contribution in [1.82, 2.24) is 5.32 Å². The minimum atomic E-state index is -1.24. The molecule has 1 aromatic carbocycles. The summed E-state index contributed by atoms with van der Waals surface area (Å²) in [6, 6.07) is 2.88. The molecule has 0 aliphatic rings. The van der Waals surface area contributed by atoms with Crippen LogP contribution in [0.15, 0.2) is 29.1 Å². The second kappa shape index (κ2) is 7.36. The fourth-order valence-corrected chi connectivity index (χ4v) is 1.55. The fourth-order valence-electron chi connectivity index (χ4n) is 1.55. The third-order valence-corrected chi connectivity index (χ3v) is 2.80. The van der Waals surface area contributed by atoms with Crippen LogP contribution in [-0.4, -0.2) is 40.7 Å². The summed E-state index contributed by atoms with van der Waals surface area (Å²) in [6.07, 6.45) is -0.0636. The van der Waals surface area contributed by atoms with Crippen molar-refractivity contribution < 1.29 is 19.8 Å². The lowest BCUT2D eigenvalue weighted by atomic mass is 10.1. The van der Waals surface area contributed by atoms with Gasteiger partial charge >= 0.3 is 5.97 Å². The topological polar surface area (TPSA) is 156 Å². The van der Waals surface area contributed by atoms with Crippen molar-refractivity contribution >= 4 is 11.9 Å². The van der Waals surface area contributed by atoms with Crippen LogP contribution in [0.1, 0.15) is 5.56 Å². The predicted molar refractivity (Wildman–Crippen MR) is 74.7 cm³/mol. The van der Waals surface area contributed by atoms with Crippen molar-refractivity contribution in [2.24, 2.45) is 11.5 Å². The Morgan fingerprint density at radius 3 is 2.43 bits per heavy atom. The fraction of sp³-hybridized carbons (Fsp3) is 0.308. The standard InChI is InChI=1S/C13H17N3O5/c14-6-8(15)12(19)16-9(13(20)21)5-7-1-3-10(17)11(18)4-2-7/h1-4,8-9H,5-6,14-15H2,(H,16,19)(H,17,18)(H,20,21)/t8-,9-/m0/s1. The number of aromatic hydroxyl groups is 1. The van der Waals surface area contributed by atoms with Gasteiger partial charge in [0.05, 0.1) is 6.04 Å². The van der Waals surface area contributed by atoms with E-state index in [1.165, 1.54) is 18.2 Å². The van der Waals surface area contributed by atoms with Gasteiger partial charge in [-0.15, -0.1) is 0 Å². The lowest BCUT2D eigenvalue weighted by molar-refractivity contribution is -0.141. The molecule has 0 aromatic heterocycles. The van der Waals surface area contributed by atoms with E-state index >= 15 is 0 Å². The SMILES string of the molecule is NC[C@H](N)C(=O)N[C@@H](Cc1ccc(O)c(=O)cc1)C(=O)O. The molecule has 0 saturated heterocycles. The molecule has 0 fully saturated rings. The quantitative estimate of drug-likeness (QED) is 0.412. The van der Waals surface area contributed by atoms with Crippen molar-refractivity contribution in [3.8, 4) is 5.75 Å². The summed E-state index contributed by atoms with van der Waals surface area (Å²) in [7, 11) is 0. The minimum Gasteiger partial charge on any atom is -0.504 e. The molecule has 0 radical (unpaired) electrons. The maximum atomic E-state index is 11.6. The average Bonchev–Trinajstić information content (AvgIpc) is 2.60. The van der Waals surface area contributed by atoms with Crippen LogP contribution in [0.2, 0.25) is 0 Å². The van der Waals surface area contributed by atoms with Gasteiger partial charge in [-0.25, -0.2) is 4.79 Å². The molecule has 0 spiro atoms. The van der Waals surface area contributed by atoms with Crippen molar-refractivity contribution in [2.45, 2.75) is 18.5 Å². The summed E-state index contributed by atoms with van der Waals surface area (Å²) in [5.41, 5.74) is 10.5. The first-order valence-corrected chi connectivity index (χ1v) is 6.16. The van der Waals surface area contributed by atoms with Gasteiger partial charge in [0, 0.05) is 13.0 Å². The smallest absolute Gasteiger partial charge is 0.326 e. The van der Waals surface area contributed by atoms with E-state index in [1.807, 2.05) is 0 Å². The number of hydrogen-bond donors (Lipinski definition) is 5. The molecule has 0 saturated carbocycles. The van der Waals surface area contributed by atoms with Gasteiger partial charge in [-0.2, -0.15) is 0 Å². The monoisotopic (exact) mass is 295 g/mol. The Morgan fingerprint density at radius 2 is 1.86 bits per heavy atom. The van der Waals surface area contributed by atoms with E-state index in [0.29, 0.717) is 5.56 Å². The zero-order valence-electron chi connectivity index (χ0n) is 11.2. The predicted octanol–water partition coefficient (Wildman–Crippen LogP) is -1.85. The molecule has 0 aliphatic heterocycles. The summed E-state index contributed by atoms with van der Waals surface area (Å²) < 4.78 is 0. The Bertz CT molecular complexity index is 590. The average molecular weight is 295 g/mol. The summed E-state index contributed by atoms with van der Waals surface area (Å²) in [5.74, 6) is -2.36. The summed E-state index contributed by atoms with van der Waals surface area (Å²) in [5, 5.41) is 20.7. The third kappa shape index (κ3) is 4.86. The molecular weight excluding hydrogens is 278 g/mol. The number of carboxylic acid groups (broad SMARTS) is 1. The van der Waals surface area contributed by atoms with Crippen LogP contribution in [-0.2, 0) is 16.0 Å². The van der Waals surface area contributed by atoms with E-state index in [-0.39, 0.29) is 13.0 Å². The van der Waals surface area contributed by atoms with Crippen LogP contribution in [0.5, 0.6) is 5.75 Å². The highest BCUT2D eigenvalue weighted by Crippen LogP contribution is 2.05. The van der Waals surface area contributed by atoms with Crippen LogP contribution in [0, 0.1) is 0 Å². The van der Waals surface area contributed by atoms with E-state index in [9.17, 15) is 19.5 Å². The number of carboxylic acids is 1. The molecule has 8 heteroatoms. The van der Waals surface area contributed by atoms with Crippen LogP contribution >= 0.6 is 0 Å². The van der Waals surface area contributed by atoms with Crippen LogP contribution < -0.4 is 22.2 Å². The number of hydrogen-bond acceptors (Lipinski definition) is 6. The second-order valence-corrected chi connectivity index (χ2v) is 4.44. The number of amides is 1. The van der Waals surface area contributed by atoms with Gasteiger partial charge in [-0.05, 0) is 17.7 Å². The molecule has 1 aromatic rings. The highest BCUT2D eigenvalue weighted by Gasteiger charge is 2.22. The molecular formula is C13H17N3O5. The Morgan fingerprint density at radius 1 is 1.24 bits per heavy atom. The zero-order chi connectivity index (χ0) is 16.0. The maximum absolute atomic E-state index is 11.6.